The lowest BCUT2D eigenvalue weighted by Gasteiger charge is -2.14. The number of methoxy groups -OCH3 is 1. The molecule has 0 bridgehead atoms. The highest BCUT2D eigenvalue weighted by Crippen LogP contribution is 2.29. The van der Waals surface area contributed by atoms with Crippen LogP contribution >= 0.6 is 12.4 Å². The maximum absolute atomic E-state index is 12.4. The lowest BCUT2D eigenvalue weighted by molar-refractivity contribution is -0.274. The second-order valence-electron chi connectivity index (χ2n) is 8.37. The highest BCUT2D eigenvalue weighted by atomic mass is 35.5. The average molecular weight is 567 g/mol. The molecule has 4 aromatic rings. The van der Waals surface area contributed by atoms with Crippen molar-refractivity contribution in [2.45, 2.75) is 32.4 Å². The summed E-state index contributed by atoms with van der Waals surface area (Å²) in [6.45, 7) is 0.213. The summed E-state index contributed by atoms with van der Waals surface area (Å²) in [6.07, 6.45) is -4.63. The molecule has 1 aromatic heterocycles. The van der Waals surface area contributed by atoms with Crippen LogP contribution in [0.15, 0.2) is 60.7 Å². The van der Waals surface area contributed by atoms with Gasteiger partial charge in [0.15, 0.2) is 0 Å². The monoisotopic (exact) mass is 566 g/mol. The molecule has 208 valence electrons. The number of aryl methyl sites for hydroxylation is 2. The number of carboxylic acid groups (broad SMARTS) is 1. The zero-order valence-electron chi connectivity index (χ0n) is 21.0. The summed E-state index contributed by atoms with van der Waals surface area (Å²) >= 11 is 0. The number of carbonyl (C=O) groups is 1. The molecule has 4 rings (SSSR count). The van der Waals surface area contributed by atoms with Gasteiger partial charge in [0.2, 0.25) is 0 Å². The van der Waals surface area contributed by atoms with Gasteiger partial charge in [0.25, 0.3) is 0 Å². The number of benzene rings is 3. The summed E-state index contributed by atoms with van der Waals surface area (Å²) in [7, 11) is 3.47. The van der Waals surface area contributed by atoms with Crippen LogP contribution in [0, 0.1) is 0 Å². The van der Waals surface area contributed by atoms with Gasteiger partial charge in [-0.15, -0.1) is 25.6 Å². The zero-order chi connectivity index (χ0) is 27.3. The van der Waals surface area contributed by atoms with Crippen LogP contribution in [0.4, 0.5) is 13.2 Å². The summed E-state index contributed by atoms with van der Waals surface area (Å²) in [5.41, 5.74) is 2.95. The van der Waals surface area contributed by atoms with E-state index in [0.717, 1.165) is 11.0 Å². The van der Waals surface area contributed by atoms with Crippen molar-refractivity contribution in [1.82, 2.24) is 9.55 Å². The molecule has 0 aliphatic rings. The van der Waals surface area contributed by atoms with Crippen LogP contribution in [0.2, 0.25) is 0 Å². The molecule has 0 aliphatic carbocycles. The Morgan fingerprint density at radius 1 is 0.949 bits per heavy atom. The molecule has 0 saturated carbocycles. The quantitative estimate of drug-likeness (QED) is 0.235. The second-order valence-corrected chi connectivity index (χ2v) is 8.37. The van der Waals surface area contributed by atoms with Crippen molar-refractivity contribution in [1.29, 1.82) is 0 Å². The van der Waals surface area contributed by atoms with Gasteiger partial charge in [-0.3, -0.25) is 4.79 Å². The molecule has 0 aliphatic heterocycles. The summed E-state index contributed by atoms with van der Waals surface area (Å²) in [6, 6.07) is 16.0. The Labute approximate surface area is 228 Å². The fourth-order valence-corrected chi connectivity index (χ4v) is 3.78. The van der Waals surface area contributed by atoms with E-state index in [1.807, 2.05) is 29.8 Å². The minimum Gasteiger partial charge on any atom is -0.497 e. The molecule has 12 heteroatoms. The third-order valence-corrected chi connectivity index (χ3v) is 5.75. The van der Waals surface area contributed by atoms with Crippen LogP contribution in [-0.4, -0.2) is 34.1 Å². The van der Waals surface area contributed by atoms with Crippen molar-refractivity contribution in [3.05, 3.63) is 77.6 Å². The van der Waals surface area contributed by atoms with Crippen LogP contribution in [0.25, 0.3) is 11.0 Å². The van der Waals surface area contributed by atoms with E-state index in [4.69, 9.17) is 19.3 Å². The summed E-state index contributed by atoms with van der Waals surface area (Å²) < 4.78 is 60.1. The van der Waals surface area contributed by atoms with Gasteiger partial charge in [-0.05, 0) is 47.9 Å². The summed E-state index contributed by atoms with van der Waals surface area (Å²) in [5, 5.41) is 9.09. The van der Waals surface area contributed by atoms with Gasteiger partial charge >= 0.3 is 12.3 Å². The van der Waals surface area contributed by atoms with Gasteiger partial charge in [0, 0.05) is 25.6 Å². The van der Waals surface area contributed by atoms with E-state index in [9.17, 15) is 18.0 Å². The Balaban J connectivity index is 0.00000420. The number of aromatic nitrogens is 2. The molecule has 0 fully saturated rings. The number of fused-ring (bicyclic) bond motifs is 1. The fraction of sp³-hybridized carbons (Fsp3) is 0.259. The van der Waals surface area contributed by atoms with E-state index < -0.39 is 12.3 Å². The van der Waals surface area contributed by atoms with E-state index in [1.54, 1.807) is 25.3 Å². The molecule has 0 saturated heterocycles. The number of ether oxygens (including phenoxy) is 4. The molecule has 8 nitrogen and oxygen atoms in total. The Kier molecular flexibility index (Phi) is 9.52. The van der Waals surface area contributed by atoms with Gasteiger partial charge in [-0.2, -0.15) is 0 Å². The Bertz CT molecular complexity index is 1420. The summed E-state index contributed by atoms with van der Waals surface area (Å²) in [5.74, 6) is 1.02. The first-order valence-corrected chi connectivity index (χ1v) is 11.6. The van der Waals surface area contributed by atoms with Crippen molar-refractivity contribution in [2.75, 3.05) is 7.11 Å². The number of imidazole rings is 1. The SMILES string of the molecule is COc1ccc2nc(COc3ccc(CCC(=O)O)c(OCc4ccc(OC(F)(F)F)cc4)c3)n(C)c2c1.Cl. The van der Waals surface area contributed by atoms with E-state index >= 15 is 0 Å². The molecular weight excluding hydrogens is 541 g/mol. The Hall–Kier alpha value is -4.12. The maximum atomic E-state index is 12.4. The predicted octanol–water partition coefficient (Wildman–Crippen LogP) is 6.08. The van der Waals surface area contributed by atoms with Crippen LogP contribution < -0.4 is 18.9 Å². The van der Waals surface area contributed by atoms with Gasteiger partial charge in [0.1, 0.15) is 42.0 Å². The first-order valence-electron chi connectivity index (χ1n) is 11.6. The lowest BCUT2D eigenvalue weighted by Crippen LogP contribution is -2.17. The number of alkyl halides is 3. The second kappa shape index (κ2) is 12.6. The van der Waals surface area contributed by atoms with E-state index in [0.29, 0.717) is 34.2 Å². The first kappa shape index (κ1) is 29.4. The molecule has 1 N–H and O–H groups in total. The number of hydrogen-bond donors (Lipinski definition) is 1. The third-order valence-electron chi connectivity index (χ3n) is 5.75. The van der Waals surface area contributed by atoms with Gasteiger partial charge in [0.05, 0.1) is 18.1 Å². The number of halogens is 4. The lowest BCUT2D eigenvalue weighted by atomic mass is 10.1. The minimum absolute atomic E-state index is 0. The molecule has 0 radical (unpaired) electrons. The minimum atomic E-state index is -4.77. The number of rotatable bonds is 11. The van der Waals surface area contributed by atoms with Crippen LogP contribution in [-0.2, 0) is 31.5 Å². The average Bonchev–Trinajstić information content (AvgIpc) is 3.19. The molecule has 0 amide bonds. The van der Waals surface area contributed by atoms with Crippen molar-refractivity contribution in [2.24, 2.45) is 7.05 Å². The van der Waals surface area contributed by atoms with Crippen molar-refractivity contribution < 1.29 is 42.0 Å². The molecule has 3 aromatic carbocycles. The largest absolute Gasteiger partial charge is 0.573 e. The predicted molar refractivity (Wildman–Crippen MR) is 139 cm³/mol. The van der Waals surface area contributed by atoms with Gasteiger partial charge < -0.3 is 28.6 Å². The first-order chi connectivity index (χ1) is 18.1. The van der Waals surface area contributed by atoms with Crippen LogP contribution in [0.3, 0.4) is 0 Å². The van der Waals surface area contributed by atoms with E-state index in [1.165, 1.54) is 24.3 Å². The van der Waals surface area contributed by atoms with Crippen LogP contribution in [0.1, 0.15) is 23.4 Å². The molecule has 0 unspecified atom stereocenters. The van der Waals surface area contributed by atoms with Crippen LogP contribution in [0.5, 0.6) is 23.0 Å². The number of aliphatic carboxylic acids is 1. The number of carboxylic acids is 1. The number of hydrogen-bond acceptors (Lipinski definition) is 6. The van der Waals surface area contributed by atoms with Gasteiger partial charge in [-0.25, -0.2) is 4.98 Å². The standard InChI is InChI=1S/C27H25F3N2O6.ClH/c1-32-23-13-20(35-2)10-11-22(23)31-25(32)16-36-21-9-5-18(6-12-26(33)34)24(14-21)37-15-17-3-7-19(8-4-17)38-27(28,29)30;/h3-5,7-11,13-14H,6,12,15-16H2,1-2H3,(H,33,34);1H. The van der Waals surface area contributed by atoms with Gasteiger partial charge in [-0.1, -0.05) is 18.2 Å². The van der Waals surface area contributed by atoms with E-state index in [2.05, 4.69) is 9.72 Å². The molecular formula is C27H26ClF3N2O6. The topological polar surface area (TPSA) is 92.0 Å². The Morgan fingerprint density at radius 3 is 2.31 bits per heavy atom. The number of nitrogens with zero attached hydrogens (tertiary/aromatic N) is 2. The maximum Gasteiger partial charge on any atom is 0.573 e. The molecule has 0 spiro atoms. The molecule has 1 heterocycles. The summed E-state index contributed by atoms with van der Waals surface area (Å²) in [4.78, 5) is 15.7. The highest BCUT2D eigenvalue weighted by molar-refractivity contribution is 5.85. The van der Waals surface area contributed by atoms with Crippen molar-refractivity contribution in [3.63, 3.8) is 0 Å². The fourth-order valence-electron chi connectivity index (χ4n) is 3.78. The van der Waals surface area contributed by atoms with Crippen molar-refractivity contribution in [3.8, 4) is 23.0 Å². The smallest absolute Gasteiger partial charge is 0.497 e. The molecule has 39 heavy (non-hydrogen) atoms. The zero-order valence-corrected chi connectivity index (χ0v) is 21.8. The van der Waals surface area contributed by atoms with E-state index in [-0.39, 0.29) is 44.2 Å². The molecule has 0 atom stereocenters. The Morgan fingerprint density at radius 2 is 1.64 bits per heavy atom. The third kappa shape index (κ3) is 7.93. The highest BCUT2D eigenvalue weighted by Gasteiger charge is 2.31. The van der Waals surface area contributed by atoms with Crippen molar-refractivity contribution >= 4 is 29.4 Å². The normalized spacial score (nSPS) is 11.1.